The second kappa shape index (κ2) is 11.0. The van der Waals surface area contributed by atoms with Gasteiger partial charge in [0.05, 0.1) is 24.2 Å². The Morgan fingerprint density at radius 2 is 2.11 bits per heavy atom. The highest BCUT2D eigenvalue weighted by molar-refractivity contribution is 5.70. The lowest BCUT2D eigenvalue weighted by Gasteiger charge is -2.42. The number of carbonyl (C=O) groups is 1. The van der Waals surface area contributed by atoms with Gasteiger partial charge in [0.25, 0.3) is 0 Å². The molecule has 2 aliphatic carbocycles. The molecule has 0 bridgehead atoms. The van der Waals surface area contributed by atoms with Gasteiger partial charge in [0, 0.05) is 37.6 Å². The van der Waals surface area contributed by atoms with Crippen LogP contribution in [0.2, 0.25) is 0 Å². The summed E-state index contributed by atoms with van der Waals surface area (Å²) in [6.07, 6.45) is 18.2. The normalized spacial score (nSPS) is 19.8. The van der Waals surface area contributed by atoms with E-state index in [0.29, 0.717) is 13.1 Å². The standard InChI is InChI=1S/C29H33N5O2/c30-18-20-11-12-23(24(16-20)17-26(35)36)19-34(25-10-4-8-21-9-5-13-31-27(21)25)28(29-32-14-15-33-29)22-6-2-1-3-7-22/h1-3,5-6,9,11-16,22,25,28H,4,7-8,10,17-19,30H2,(H,32,33)(H,35,36). The summed E-state index contributed by atoms with van der Waals surface area (Å²) in [5.41, 5.74) is 11.1. The first-order valence-corrected chi connectivity index (χ1v) is 12.7. The van der Waals surface area contributed by atoms with Crippen LogP contribution in [0.3, 0.4) is 0 Å². The highest BCUT2D eigenvalue weighted by atomic mass is 16.4. The van der Waals surface area contributed by atoms with Crippen molar-refractivity contribution >= 4 is 5.97 Å². The number of carboxylic acids is 1. The van der Waals surface area contributed by atoms with E-state index in [1.54, 1.807) is 0 Å². The fourth-order valence-electron chi connectivity index (χ4n) is 5.67. The number of aromatic nitrogens is 3. The van der Waals surface area contributed by atoms with E-state index in [-0.39, 0.29) is 24.4 Å². The van der Waals surface area contributed by atoms with E-state index < -0.39 is 5.97 Å². The number of nitrogens with one attached hydrogen (secondary N) is 1. The van der Waals surface area contributed by atoms with Gasteiger partial charge >= 0.3 is 5.97 Å². The molecular formula is C29H33N5O2. The molecule has 3 atom stereocenters. The van der Waals surface area contributed by atoms with Crippen molar-refractivity contribution in [2.24, 2.45) is 11.7 Å². The first-order valence-electron chi connectivity index (χ1n) is 12.7. The number of fused-ring (bicyclic) bond motifs is 1. The molecule has 1 aromatic carbocycles. The van der Waals surface area contributed by atoms with E-state index in [1.807, 2.05) is 42.9 Å². The molecule has 0 fully saturated rings. The van der Waals surface area contributed by atoms with Gasteiger partial charge in [0.2, 0.25) is 0 Å². The summed E-state index contributed by atoms with van der Waals surface area (Å²) in [7, 11) is 0. The summed E-state index contributed by atoms with van der Waals surface area (Å²) in [6, 6.07) is 10.3. The number of hydrogen-bond donors (Lipinski definition) is 3. The number of hydrogen-bond acceptors (Lipinski definition) is 5. The molecule has 0 radical (unpaired) electrons. The van der Waals surface area contributed by atoms with Gasteiger partial charge in [-0.2, -0.15) is 0 Å². The van der Waals surface area contributed by atoms with Crippen LogP contribution in [-0.4, -0.2) is 30.9 Å². The number of aromatic amines is 1. The fourth-order valence-corrected chi connectivity index (χ4v) is 5.67. The average molecular weight is 484 g/mol. The highest BCUT2D eigenvalue weighted by Gasteiger charge is 2.37. The summed E-state index contributed by atoms with van der Waals surface area (Å²) >= 11 is 0. The Morgan fingerprint density at radius 1 is 1.19 bits per heavy atom. The minimum Gasteiger partial charge on any atom is -0.481 e. The number of aryl methyl sites for hydroxylation is 1. The second-order valence-electron chi connectivity index (χ2n) is 9.64. The number of pyridine rings is 1. The minimum absolute atomic E-state index is 0.0222. The highest BCUT2D eigenvalue weighted by Crippen LogP contribution is 2.43. The number of aliphatic carboxylic acids is 1. The predicted molar refractivity (Wildman–Crippen MR) is 139 cm³/mol. The molecule has 0 spiro atoms. The molecule has 4 N–H and O–H groups in total. The van der Waals surface area contributed by atoms with Crippen molar-refractivity contribution in [3.8, 4) is 0 Å². The van der Waals surface area contributed by atoms with Crippen LogP contribution in [0.5, 0.6) is 0 Å². The molecule has 186 valence electrons. The lowest BCUT2D eigenvalue weighted by Crippen LogP contribution is -2.39. The smallest absolute Gasteiger partial charge is 0.307 e. The van der Waals surface area contributed by atoms with Crippen molar-refractivity contribution in [3.63, 3.8) is 0 Å². The van der Waals surface area contributed by atoms with E-state index in [1.165, 1.54) is 5.56 Å². The van der Waals surface area contributed by atoms with Crippen LogP contribution < -0.4 is 5.73 Å². The van der Waals surface area contributed by atoms with Gasteiger partial charge in [0.1, 0.15) is 5.82 Å². The van der Waals surface area contributed by atoms with Crippen molar-refractivity contribution in [2.45, 2.75) is 57.3 Å². The van der Waals surface area contributed by atoms with Gasteiger partial charge in [0.15, 0.2) is 0 Å². The molecular weight excluding hydrogens is 450 g/mol. The van der Waals surface area contributed by atoms with E-state index in [9.17, 15) is 9.90 Å². The van der Waals surface area contributed by atoms with Crippen LogP contribution in [0.1, 0.15) is 65.1 Å². The topological polar surface area (TPSA) is 108 Å². The molecule has 5 rings (SSSR count). The van der Waals surface area contributed by atoms with Crippen LogP contribution in [-0.2, 0) is 30.7 Å². The molecule has 2 aromatic heterocycles. The number of nitrogens with two attached hydrogens (primary N) is 1. The van der Waals surface area contributed by atoms with Gasteiger partial charge in [-0.05, 0) is 54.0 Å². The van der Waals surface area contributed by atoms with Crippen LogP contribution in [0.15, 0.2) is 73.2 Å². The van der Waals surface area contributed by atoms with Crippen molar-refractivity contribution in [1.82, 2.24) is 19.9 Å². The Labute approximate surface area is 211 Å². The maximum absolute atomic E-state index is 11.8. The van der Waals surface area contributed by atoms with Crippen molar-refractivity contribution in [3.05, 3.63) is 107 Å². The Bertz CT molecular complexity index is 1250. The quantitative estimate of drug-likeness (QED) is 0.409. The predicted octanol–water partition coefficient (Wildman–Crippen LogP) is 4.64. The molecule has 7 heteroatoms. The van der Waals surface area contributed by atoms with Gasteiger partial charge in [-0.15, -0.1) is 0 Å². The Balaban J connectivity index is 1.62. The van der Waals surface area contributed by atoms with E-state index in [2.05, 4.69) is 40.3 Å². The maximum Gasteiger partial charge on any atom is 0.307 e. The number of H-pyrrole nitrogens is 1. The summed E-state index contributed by atoms with van der Waals surface area (Å²) in [5, 5.41) is 9.64. The number of carboxylic acid groups (broad SMARTS) is 1. The molecule has 2 heterocycles. The van der Waals surface area contributed by atoms with Crippen molar-refractivity contribution in [1.29, 1.82) is 0 Å². The van der Waals surface area contributed by atoms with Crippen LogP contribution in [0.25, 0.3) is 0 Å². The molecule has 0 saturated heterocycles. The van der Waals surface area contributed by atoms with Crippen LogP contribution in [0, 0.1) is 5.92 Å². The second-order valence-corrected chi connectivity index (χ2v) is 9.64. The monoisotopic (exact) mass is 483 g/mol. The number of benzene rings is 1. The van der Waals surface area contributed by atoms with Crippen molar-refractivity contribution < 1.29 is 9.90 Å². The Kier molecular flexibility index (Phi) is 7.39. The Hall–Kier alpha value is -3.55. The van der Waals surface area contributed by atoms with Crippen LogP contribution >= 0.6 is 0 Å². The first-order chi connectivity index (χ1) is 17.6. The number of nitrogens with zero attached hydrogens (tertiary/aromatic N) is 3. The molecule has 0 aliphatic heterocycles. The van der Waals surface area contributed by atoms with Gasteiger partial charge in [-0.1, -0.05) is 48.6 Å². The number of imidazole rings is 1. The first kappa shape index (κ1) is 24.2. The maximum atomic E-state index is 11.8. The van der Waals surface area contributed by atoms with Crippen molar-refractivity contribution in [2.75, 3.05) is 0 Å². The summed E-state index contributed by atoms with van der Waals surface area (Å²) in [5.74, 6) is 0.299. The molecule has 3 unspecified atom stereocenters. The molecule has 2 aliphatic rings. The zero-order valence-corrected chi connectivity index (χ0v) is 20.4. The van der Waals surface area contributed by atoms with Gasteiger partial charge < -0.3 is 15.8 Å². The SMILES string of the molecule is NCc1ccc(CN(C2CCCc3cccnc32)C(c2ncc[nH]2)C2C=CC=CC2)c(CC(=O)O)c1. The zero-order valence-electron chi connectivity index (χ0n) is 20.4. The average Bonchev–Trinajstić information content (AvgIpc) is 3.43. The largest absolute Gasteiger partial charge is 0.481 e. The fraction of sp³-hybridized carbons (Fsp3) is 0.345. The molecule has 0 amide bonds. The lowest BCUT2D eigenvalue weighted by atomic mass is 9.85. The molecule has 0 saturated carbocycles. The van der Waals surface area contributed by atoms with E-state index in [4.69, 9.17) is 15.7 Å². The van der Waals surface area contributed by atoms with Gasteiger partial charge in [-0.25, -0.2) is 4.98 Å². The third kappa shape index (κ3) is 5.17. The lowest BCUT2D eigenvalue weighted by molar-refractivity contribution is -0.136. The third-order valence-corrected chi connectivity index (χ3v) is 7.34. The molecule has 7 nitrogen and oxygen atoms in total. The third-order valence-electron chi connectivity index (χ3n) is 7.34. The zero-order chi connectivity index (χ0) is 24.9. The van der Waals surface area contributed by atoms with E-state index >= 15 is 0 Å². The van der Waals surface area contributed by atoms with Crippen LogP contribution in [0.4, 0.5) is 0 Å². The Morgan fingerprint density at radius 3 is 2.86 bits per heavy atom. The van der Waals surface area contributed by atoms with Gasteiger partial charge in [-0.3, -0.25) is 14.7 Å². The summed E-state index contributed by atoms with van der Waals surface area (Å²) in [6.45, 7) is 0.971. The summed E-state index contributed by atoms with van der Waals surface area (Å²) < 4.78 is 0. The number of rotatable bonds is 9. The number of allylic oxidation sites excluding steroid dienone is 3. The van der Waals surface area contributed by atoms with E-state index in [0.717, 1.165) is 53.9 Å². The minimum atomic E-state index is -0.843. The molecule has 36 heavy (non-hydrogen) atoms. The summed E-state index contributed by atoms with van der Waals surface area (Å²) in [4.78, 5) is 27.2. The molecule has 3 aromatic rings.